The van der Waals surface area contributed by atoms with Gasteiger partial charge in [0.2, 0.25) is 0 Å². The van der Waals surface area contributed by atoms with Crippen molar-refractivity contribution >= 4 is 23.4 Å². The van der Waals surface area contributed by atoms with Gasteiger partial charge in [0.15, 0.2) is 0 Å². The second-order valence-electron chi connectivity index (χ2n) is 6.72. The van der Waals surface area contributed by atoms with E-state index in [1.807, 2.05) is 12.1 Å². The molecule has 4 rings (SSSR count). The van der Waals surface area contributed by atoms with E-state index in [-0.39, 0.29) is 12.0 Å². The Hall–Kier alpha value is -2.17. The molecule has 25 heavy (non-hydrogen) atoms. The van der Waals surface area contributed by atoms with Gasteiger partial charge in [-0.3, -0.25) is 14.4 Å². The third-order valence-corrected chi connectivity index (χ3v) is 5.27. The molecule has 4 nitrogen and oxygen atoms in total. The average molecular weight is 356 g/mol. The van der Waals surface area contributed by atoms with E-state index in [1.54, 1.807) is 36.4 Å². The third-order valence-electron chi connectivity index (χ3n) is 5.02. The summed E-state index contributed by atoms with van der Waals surface area (Å²) in [5.74, 6) is -0.0496. The minimum atomic E-state index is -0.400. The second-order valence-corrected chi connectivity index (χ2v) is 7.16. The number of carbonyl (C=O) groups excluding carboxylic acids is 2. The first kappa shape index (κ1) is 16.3. The summed E-state index contributed by atoms with van der Waals surface area (Å²) in [7, 11) is 0. The van der Waals surface area contributed by atoms with Crippen LogP contribution in [-0.4, -0.2) is 16.9 Å². The lowest BCUT2D eigenvalue weighted by molar-refractivity contribution is -0.152. The minimum absolute atomic E-state index is 0.200. The average Bonchev–Trinajstić information content (AvgIpc) is 3.44. The SMILES string of the molecule is C[C@@H](C1CC1)C(ON1C(=O)c2ccccc2C1=O)c1ccc(Cl)cc1. The predicted molar refractivity (Wildman–Crippen MR) is 94.1 cm³/mol. The zero-order valence-electron chi connectivity index (χ0n) is 13.8. The van der Waals surface area contributed by atoms with E-state index in [0.717, 1.165) is 23.5 Å². The molecule has 2 aromatic rings. The highest BCUT2D eigenvalue weighted by molar-refractivity contribution is 6.30. The summed E-state index contributed by atoms with van der Waals surface area (Å²) in [6.07, 6.45) is 1.93. The molecule has 1 heterocycles. The van der Waals surface area contributed by atoms with Gasteiger partial charge in [0, 0.05) is 5.02 Å². The summed E-state index contributed by atoms with van der Waals surface area (Å²) in [6.45, 7) is 2.11. The standard InChI is InChI=1S/C20H18ClNO3/c1-12(13-6-7-13)18(14-8-10-15(21)11-9-14)25-22-19(23)16-4-2-3-5-17(16)20(22)24/h2-5,8-13,18H,6-7H2,1H3/t12-,18?/m0/s1. The van der Waals surface area contributed by atoms with Gasteiger partial charge in [-0.05, 0) is 54.5 Å². The highest BCUT2D eigenvalue weighted by Gasteiger charge is 2.42. The number of rotatable bonds is 5. The van der Waals surface area contributed by atoms with Crippen molar-refractivity contribution in [2.24, 2.45) is 11.8 Å². The molecule has 2 atom stereocenters. The van der Waals surface area contributed by atoms with Gasteiger partial charge >= 0.3 is 0 Å². The van der Waals surface area contributed by atoms with E-state index in [1.165, 1.54) is 0 Å². The fraction of sp³-hybridized carbons (Fsp3) is 0.300. The van der Waals surface area contributed by atoms with Crippen molar-refractivity contribution in [3.63, 3.8) is 0 Å². The Balaban J connectivity index is 1.64. The molecule has 0 spiro atoms. The number of hydrogen-bond donors (Lipinski definition) is 0. The van der Waals surface area contributed by atoms with E-state index in [2.05, 4.69) is 6.92 Å². The molecule has 1 unspecified atom stereocenters. The Morgan fingerprint density at radius 2 is 1.56 bits per heavy atom. The largest absolute Gasteiger partial charge is 0.285 e. The first-order valence-corrected chi connectivity index (χ1v) is 8.84. The maximum absolute atomic E-state index is 12.6. The van der Waals surface area contributed by atoms with E-state index < -0.39 is 11.8 Å². The number of fused-ring (bicyclic) bond motifs is 1. The van der Waals surface area contributed by atoms with Crippen LogP contribution in [0.3, 0.4) is 0 Å². The molecule has 2 aliphatic rings. The van der Waals surface area contributed by atoms with Crippen LogP contribution < -0.4 is 0 Å². The van der Waals surface area contributed by atoms with Crippen molar-refractivity contribution in [3.8, 4) is 0 Å². The molecular formula is C20H18ClNO3. The minimum Gasteiger partial charge on any atom is -0.266 e. The first-order valence-electron chi connectivity index (χ1n) is 8.46. The molecule has 1 aliphatic heterocycles. The number of halogens is 1. The highest BCUT2D eigenvalue weighted by Crippen LogP contribution is 2.45. The Labute approximate surface area is 151 Å². The van der Waals surface area contributed by atoms with Gasteiger partial charge < -0.3 is 0 Å². The summed E-state index contributed by atoms with van der Waals surface area (Å²) >= 11 is 5.99. The van der Waals surface area contributed by atoms with Crippen molar-refractivity contribution < 1.29 is 14.4 Å². The fourth-order valence-electron chi connectivity index (χ4n) is 3.36. The maximum Gasteiger partial charge on any atom is 0.285 e. The molecule has 5 heteroatoms. The lowest BCUT2D eigenvalue weighted by Crippen LogP contribution is -2.34. The first-order chi connectivity index (χ1) is 12.1. The summed E-state index contributed by atoms with van der Waals surface area (Å²) in [5, 5.41) is 1.56. The molecule has 2 amide bonds. The van der Waals surface area contributed by atoms with Crippen LogP contribution in [0.25, 0.3) is 0 Å². The molecular weight excluding hydrogens is 338 g/mol. The predicted octanol–water partition coefficient (Wildman–Crippen LogP) is 4.66. The number of nitrogens with zero attached hydrogens (tertiary/aromatic N) is 1. The summed E-state index contributed by atoms with van der Waals surface area (Å²) in [4.78, 5) is 31.2. The lowest BCUT2D eigenvalue weighted by atomic mass is 9.93. The van der Waals surface area contributed by atoms with Gasteiger partial charge in [0.05, 0.1) is 11.1 Å². The van der Waals surface area contributed by atoms with Gasteiger partial charge in [-0.1, -0.05) is 42.8 Å². The number of imide groups is 1. The monoisotopic (exact) mass is 355 g/mol. The van der Waals surface area contributed by atoms with Crippen LogP contribution in [0.4, 0.5) is 0 Å². The van der Waals surface area contributed by atoms with E-state index >= 15 is 0 Å². The zero-order chi connectivity index (χ0) is 17.6. The van der Waals surface area contributed by atoms with Crippen LogP contribution >= 0.6 is 11.6 Å². The normalized spacial score (nSPS) is 19.0. The smallest absolute Gasteiger partial charge is 0.266 e. The highest BCUT2D eigenvalue weighted by atomic mass is 35.5. The van der Waals surface area contributed by atoms with E-state index in [0.29, 0.717) is 22.1 Å². The molecule has 128 valence electrons. The quantitative estimate of drug-likeness (QED) is 0.733. The van der Waals surface area contributed by atoms with E-state index in [4.69, 9.17) is 16.4 Å². The summed E-state index contributed by atoms with van der Waals surface area (Å²) in [6, 6.07) is 14.2. The topological polar surface area (TPSA) is 46.6 Å². The molecule has 0 aromatic heterocycles. The van der Waals surface area contributed by atoms with Crippen LogP contribution in [0.2, 0.25) is 5.02 Å². The maximum atomic E-state index is 12.6. The van der Waals surface area contributed by atoms with Crippen molar-refractivity contribution in [1.82, 2.24) is 5.06 Å². The van der Waals surface area contributed by atoms with Gasteiger partial charge in [0.1, 0.15) is 6.10 Å². The Morgan fingerprint density at radius 1 is 1.00 bits per heavy atom. The van der Waals surface area contributed by atoms with Crippen molar-refractivity contribution in [2.45, 2.75) is 25.9 Å². The Morgan fingerprint density at radius 3 is 2.08 bits per heavy atom. The van der Waals surface area contributed by atoms with Crippen LogP contribution in [0.5, 0.6) is 0 Å². The lowest BCUT2D eigenvalue weighted by Gasteiger charge is -2.27. The Kier molecular flexibility index (Phi) is 4.10. The van der Waals surface area contributed by atoms with Crippen molar-refractivity contribution in [2.75, 3.05) is 0 Å². The van der Waals surface area contributed by atoms with Crippen LogP contribution in [0.1, 0.15) is 52.1 Å². The second kappa shape index (κ2) is 6.28. The molecule has 0 N–H and O–H groups in total. The fourth-order valence-corrected chi connectivity index (χ4v) is 3.48. The molecule has 0 saturated heterocycles. The van der Waals surface area contributed by atoms with Crippen LogP contribution in [0, 0.1) is 11.8 Å². The molecule has 1 fully saturated rings. The summed E-state index contributed by atoms with van der Waals surface area (Å²) < 4.78 is 0. The van der Waals surface area contributed by atoms with Crippen molar-refractivity contribution in [1.29, 1.82) is 0 Å². The molecule has 1 aliphatic carbocycles. The molecule has 0 radical (unpaired) electrons. The van der Waals surface area contributed by atoms with E-state index in [9.17, 15) is 9.59 Å². The van der Waals surface area contributed by atoms with Crippen LogP contribution in [0.15, 0.2) is 48.5 Å². The van der Waals surface area contributed by atoms with Gasteiger partial charge in [0.25, 0.3) is 11.8 Å². The number of amides is 2. The zero-order valence-corrected chi connectivity index (χ0v) is 14.6. The molecule has 2 aromatic carbocycles. The summed E-state index contributed by atoms with van der Waals surface area (Å²) in [5.41, 5.74) is 1.70. The Bertz CT molecular complexity index is 794. The van der Waals surface area contributed by atoms with Crippen LogP contribution in [-0.2, 0) is 4.84 Å². The number of benzene rings is 2. The number of hydroxylamine groups is 2. The molecule has 1 saturated carbocycles. The number of carbonyl (C=O) groups is 2. The third kappa shape index (κ3) is 2.96. The van der Waals surface area contributed by atoms with Gasteiger partial charge in [-0.2, -0.15) is 0 Å². The number of hydrogen-bond acceptors (Lipinski definition) is 3. The molecule has 0 bridgehead atoms. The van der Waals surface area contributed by atoms with Gasteiger partial charge in [-0.25, -0.2) is 0 Å². The van der Waals surface area contributed by atoms with Gasteiger partial charge in [-0.15, -0.1) is 5.06 Å². The van der Waals surface area contributed by atoms with Crippen molar-refractivity contribution in [3.05, 3.63) is 70.2 Å².